The Morgan fingerprint density at radius 3 is 2.86 bits per heavy atom. The van der Waals surface area contributed by atoms with Crippen molar-refractivity contribution in [3.05, 3.63) is 34.9 Å². The van der Waals surface area contributed by atoms with Crippen molar-refractivity contribution in [3.63, 3.8) is 0 Å². The molecule has 1 aromatic rings. The van der Waals surface area contributed by atoms with E-state index < -0.39 is 5.97 Å². The minimum atomic E-state index is -0.937. The Morgan fingerprint density at radius 1 is 1.57 bits per heavy atom. The molecule has 14 heavy (non-hydrogen) atoms. The SMILES string of the molecule is Cc1ccc(C#CCBr)c(C(=O)O)c1. The zero-order valence-corrected chi connectivity index (χ0v) is 9.26. The quantitative estimate of drug-likeness (QED) is 0.616. The minimum Gasteiger partial charge on any atom is -0.478 e. The second kappa shape index (κ2) is 4.83. The largest absolute Gasteiger partial charge is 0.478 e. The maximum atomic E-state index is 10.9. The zero-order valence-electron chi connectivity index (χ0n) is 7.67. The number of benzene rings is 1. The number of hydrogen-bond donors (Lipinski definition) is 1. The lowest BCUT2D eigenvalue weighted by Crippen LogP contribution is -2.00. The third-order valence-corrected chi connectivity index (χ3v) is 1.98. The van der Waals surface area contributed by atoms with Crippen LogP contribution in [-0.2, 0) is 0 Å². The highest BCUT2D eigenvalue weighted by molar-refractivity contribution is 9.09. The van der Waals surface area contributed by atoms with Crippen LogP contribution in [0.4, 0.5) is 0 Å². The molecule has 1 rings (SSSR count). The molecule has 1 N–H and O–H groups in total. The maximum Gasteiger partial charge on any atom is 0.336 e. The van der Waals surface area contributed by atoms with Crippen LogP contribution in [-0.4, -0.2) is 16.4 Å². The third-order valence-electron chi connectivity index (χ3n) is 1.70. The van der Waals surface area contributed by atoms with E-state index in [0.717, 1.165) is 5.56 Å². The average Bonchev–Trinajstić information content (AvgIpc) is 2.15. The lowest BCUT2D eigenvalue weighted by molar-refractivity contribution is 0.0696. The molecule has 0 aliphatic heterocycles. The molecule has 0 heterocycles. The number of carbonyl (C=O) groups is 1. The lowest BCUT2D eigenvalue weighted by atomic mass is 10.1. The molecule has 0 spiro atoms. The molecule has 0 saturated heterocycles. The summed E-state index contributed by atoms with van der Waals surface area (Å²) in [4.78, 5) is 10.9. The van der Waals surface area contributed by atoms with Gasteiger partial charge in [-0.15, -0.1) is 0 Å². The van der Waals surface area contributed by atoms with E-state index in [1.807, 2.05) is 13.0 Å². The van der Waals surface area contributed by atoms with E-state index >= 15 is 0 Å². The molecule has 0 bridgehead atoms. The number of aromatic carboxylic acids is 1. The van der Waals surface area contributed by atoms with Gasteiger partial charge in [-0.25, -0.2) is 4.79 Å². The molecular weight excluding hydrogens is 244 g/mol. The van der Waals surface area contributed by atoms with Crippen molar-refractivity contribution in [1.29, 1.82) is 0 Å². The van der Waals surface area contributed by atoms with Gasteiger partial charge in [0.2, 0.25) is 0 Å². The highest BCUT2D eigenvalue weighted by Crippen LogP contribution is 2.10. The highest BCUT2D eigenvalue weighted by Gasteiger charge is 2.07. The number of halogens is 1. The van der Waals surface area contributed by atoms with Crippen LogP contribution in [0.15, 0.2) is 18.2 Å². The van der Waals surface area contributed by atoms with Crippen LogP contribution < -0.4 is 0 Å². The van der Waals surface area contributed by atoms with E-state index in [0.29, 0.717) is 10.9 Å². The summed E-state index contributed by atoms with van der Waals surface area (Å²) in [6, 6.07) is 5.21. The van der Waals surface area contributed by atoms with Gasteiger partial charge in [0, 0.05) is 5.56 Å². The number of carboxylic acids is 1. The second-order valence-corrected chi connectivity index (χ2v) is 3.35. The first kappa shape index (κ1) is 10.8. The van der Waals surface area contributed by atoms with E-state index in [1.165, 1.54) is 0 Å². The molecule has 0 unspecified atom stereocenters. The lowest BCUT2D eigenvalue weighted by Gasteiger charge is -2.00. The summed E-state index contributed by atoms with van der Waals surface area (Å²) in [5, 5.41) is 9.45. The van der Waals surface area contributed by atoms with Crippen molar-refractivity contribution in [2.45, 2.75) is 6.92 Å². The van der Waals surface area contributed by atoms with Crippen molar-refractivity contribution >= 4 is 21.9 Å². The molecule has 0 amide bonds. The van der Waals surface area contributed by atoms with Gasteiger partial charge in [-0.05, 0) is 19.1 Å². The summed E-state index contributed by atoms with van der Waals surface area (Å²) >= 11 is 3.16. The highest BCUT2D eigenvalue weighted by atomic mass is 79.9. The predicted molar refractivity (Wildman–Crippen MR) is 58.8 cm³/mol. The Balaban J connectivity index is 3.22. The summed E-state index contributed by atoms with van der Waals surface area (Å²) < 4.78 is 0. The van der Waals surface area contributed by atoms with E-state index in [-0.39, 0.29) is 5.56 Å². The van der Waals surface area contributed by atoms with Gasteiger partial charge in [-0.1, -0.05) is 39.4 Å². The Kier molecular flexibility index (Phi) is 3.73. The first-order valence-corrected chi connectivity index (χ1v) is 5.16. The smallest absolute Gasteiger partial charge is 0.336 e. The molecule has 1 aromatic carbocycles. The number of hydrogen-bond acceptors (Lipinski definition) is 1. The molecular formula is C11H9BrO2. The van der Waals surface area contributed by atoms with Gasteiger partial charge in [0.15, 0.2) is 0 Å². The van der Waals surface area contributed by atoms with Crippen molar-refractivity contribution in [1.82, 2.24) is 0 Å². The first-order valence-electron chi connectivity index (χ1n) is 4.04. The van der Waals surface area contributed by atoms with Gasteiger partial charge in [0.05, 0.1) is 10.9 Å². The van der Waals surface area contributed by atoms with Crippen LogP contribution >= 0.6 is 15.9 Å². The normalized spacial score (nSPS) is 9.00. The fourth-order valence-corrected chi connectivity index (χ4v) is 1.21. The van der Waals surface area contributed by atoms with E-state index in [4.69, 9.17) is 5.11 Å². The van der Waals surface area contributed by atoms with Crippen molar-refractivity contribution in [3.8, 4) is 11.8 Å². The van der Waals surface area contributed by atoms with E-state index in [2.05, 4.69) is 27.8 Å². The number of aryl methyl sites for hydroxylation is 1. The zero-order chi connectivity index (χ0) is 10.6. The monoisotopic (exact) mass is 252 g/mol. The van der Waals surface area contributed by atoms with Gasteiger partial charge in [-0.2, -0.15) is 0 Å². The summed E-state index contributed by atoms with van der Waals surface area (Å²) in [6.07, 6.45) is 0. The maximum absolute atomic E-state index is 10.9. The van der Waals surface area contributed by atoms with E-state index in [1.54, 1.807) is 12.1 Å². The van der Waals surface area contributed by atoms with Crippen LogP contribution in [0.5, 0.6) is 0 Å². The fraction of sp³-hybridized carbons (Fsp3) is 0.182. The van der Waals surface area contributed by atoms with Crippen LogP contribution in [0.25, 0.3) is 0 Å². The molecule has 0 fully saturated rings. The summed E-state index contributed by atoms with van der Waals surface area (Å²) in [5.41, 5.74) is 1.74. The molecule has 0 saturated carbocycles. The predicted octanol–water partition coefficient (Wildman–Crippen LogP) is 2.44. The van der Waals surface area contributed by atoms with Gasteiger partial charge in [0.1, 0.15) is 0 Å². The van der Waals surface area contributed by atoms with Crippen molar-refractivity contribution in [2.75, 3.05) is 5.33 Å². The standard InChI is InChI=1S/C11H9BrO2/c1-8-4-5-9(3-2-6-12)10(7-8)11(13)14/h4-5,7H,6H2,1H3,(H,13,14). The molecule has 0 radical (unpaired) electrons. The first-order chi connectivity index (χ1) is 6.65. The minimum absolute atomic E-state index is 0.262. The number of rotatable bonds is 1. The van der Waals surface area contributed by atoms with Crippen LogP contribution in [0.1, 0.15) is 21.5 Å². The van der Waals surface area contributed by atoms with Gasteiger partial charge < -0.3 is 5.11 Å². The summed E-state index contributed by atoms with van der Waals surface area (Å²) in [5.74, 6) is 4.64. The Morgan fingerprint density at radius 2 is 2.29 bits per heavy atom. The van der Waals surface area contributed by atoms with Crippen molar-refractivity contribution in [2.24, 2.45) is 0 Å². The topological polar surface area (TPSA) is 37.3 Å². The van der Waals surface area contributed by atoms with Crippen LogP contribution in [0.3, 0.4) is 0 Å². The summed E-state index contributed by atoms with van der Waals surface area (Å²) in [7, 11) is 0. The average molecular weight is 253 g/mol. The molecule has 0 aromatic heterocycles. The van der Waals surface area contributed by atoms with Crippen molar-refractivity contribution < 1.29 is 9.90 Å². The molecule has 2 nitrogen and oxygen atoms in total. The summed E-state index contributed by atoms with van der Waals surface area (Å²) in [6.45, 7) is 1.86. The van der Waals surface area contributed by atoms with E-state index in [9.17, 15) is 4.79 Å². The van der Waals surface area contributed by atoms with Crippen LogP contribution in [0, 0.1) is 18.8 Å². The molecule has 72 valence electrons. The fourth-order valence-electron chi connectivity index (χ4n) is 1.07. The molecule has 0 atom stereocenters. The van der Waals surface area contributed by atoms with Gasteiger partial charge in [-0.3, -0.25) is 0 Å². The molecule has 0 aliphatic rings. The number of alkyl halides is 1. The Labute approximate surface area is 91.1 Å². The molecule has 3 heteroatoms. The second-order valence-electron chi connectivity index (χ2n) is 2.79. The number of carboxylic acid groups (broad SMARTS) is 1. The Bertz CT molecular complexity index is 413. The Hall–Kier alpha value is -1.27. The van der Waals surface area contributed by atoms with Gasteiger partial charge in [0.25, 0.3) is 0 Å². The molecule has 0 aliphatic carbocycles. The third kappa shape index (κ3) is 2.61. The van der Waals surface area contributed by atoms with Gasteiger partial charge >= 0.3 is 5.97 Å². The van der Waals surface area contributed by atoms with Crippen LogP contribution in [0.2, 0.25) is 0 Å².